The zero-order valence-electron chi connectivity index (χ0n) is 16.0. The molecule has 2 atom stereocenters. The molecule has 3 rings (SSSR count). The van der Waals surface area contributed by atoms with Gasteiger partial charge in [0.2, 0.25) is 5.91 Å². The number of hydrogen-bond acceptors (Lipinski definition) is 7. The molecule has 0 radical (unpaired) electrons. The molecule has 2 aromatic rings. The van der Waals surface area contributed by atoms with Gasteiger partial charge in [0.05, 0.1) is 18.1 Å². The number of carbonyl (C=O) groups is 2. The van der Waals surface area contributed by atoms with Crippen molar-refractivity contribution < 1.29 is 22.7 Å². The van der Waals surface area contributed by atoms with Crippen LogP contribution in [0.4, 0.5) is 11.4 Å². The number of nitrogens with one attached hydrogen (secondary N) is 4. The first kappa shape index (κ1) is 22.0. The lowest BCUT2D eigenvalue weighted by molar-refractivity contribution is -0.119. The minimum Gasteiger partial charge on any atom is -0.462 e. The van der Waals surface area contributed by atoms with Gasteiger partial charge >= 0.3 is 5.97 Å². The van der Waals surface area contributed by atoms with Crippen LogP contribution in [0.3, 0.4) is 0 Å². The standard InChI is InChI=1S/C19H21ClN4O5S/c1-2-29-19(26)12-3-7-14(8-4-12)22-17(25)16-11-21-23-18(16)30(27,28)24-15-9-5-13(20)6-10-15/h3-10,16,18,21,23-24H,2,11H2,1H3,(H,22,25). The van der Waals surface area contributed by atoms with E-state index in [0.29, 0.717) is 22.0 Å². The van der Waals surface area contributed by atoms with E-state index >= 15 is 0 Å². The fourth-order valence-electron chi connectivity index (χ4n) is 2.89. The van der Waals surface area contributed by atoms with Gasteiger partial charge in [-0.05, 0) is 55.5 Å². The third-order valence-electron chi connectivity index (χ3n) is 4.37. The van der Waals surface area contributed by atoms with Crippen LogP contribution in [0.25, 0.3) is 0 Å². The van der Waals surface area contributed by atoms with Crippen molar-refractivity contribution in [2.45, 2.75) is 12.3 Å². The quantitative estimate of drug-likeness (QED) is 0.473. The van der Waals surface area contributed by atoms with Crippen molar-refractivity contribution in [1.82, 2.24) is 10.9 Å². The maximum Gasteiger partial charge on any atom is 0.338 e. The lowest BCUT2D eigenvalue weighted by Gasteiger charge is -2.19. The van der Waals surface area contributed by atoms with Crippen molar-refractivity contribution in [3.05, 3.63) is 59.1 Å². The molecule has 11 heteroatoms. The number of amides is 1. The SMILES string of the molecule is CCOC(=O)c1ccc(NC(=O)C2CNNC2S(=O)(=O)Nc2ccc(Cl)cc2)cc1. The van der Waals surface area contributed by atoms with Crippen LogP contribution in [0, 0.1) is 5.92 Å². The van der Waals surface area contributed by atoms with Gasteiger partial charge in [0.15, 0.2) is 5.37 Å². The number of hydrogen-bond donors (Lipinski definition) is 4. The maximum absolute atomic E-state index is 12.8. The summed E-state index contributed by atoms with van der Waals surface area (Å²) < 4.78 is 32.9. The summed E-state index contributed by atoms with van der Waals surface area (Å²) in [5.41, 5.74) is 6.47. The van der Waals surface area contributed by atoms with E-state index in [1.807, 2.05) is 0 Å². The number of ether oxygens (including phenoxy) is 1. The van der Waals surface area contributed by atoms with Crippen LogP contribution < -0.4 is 20.9 Å². The average molecular weight is 453 g/mol. The highest BCUT2D eigenvalue weighted by Crippen LogP contribution is 2.21. The Labute approximate surface area is 179 Å². The van der Waals surface area contributed by atoms with Crippen molar-refractivity contribution >= 4 is 44.9 Å². The first-order chi connectivity index (χ1) is 14.3. The minimum atomic E-state index is -3.93. The smallest absolute Gasteiger partial charge is 0.338 e. The molecule has 1 heterocycles. The fraction of sp³-hybridized carbons (Fsp3) is 0.263. The van der Waals surface area contributed by atoms with Crippen molar-refractivity contribution in [1.29, 1.82) is 0 Å². The summed E-state index contributed by atoms with van der Waals surface area (Å²) in [6.45, 7) is 2.10. The van der Waals surface area contributed by atoms with E-state index in [9.17, 15) is 18.0 Å². The number of carbonyl (C=O) groups excluding carboxylic acids is 2. The van der Waals surface area contributed by atoms with Crippen LogP contribution in [0.15, 0.2) is 48.5 Å². The van der Waals surface area contributed by atoms with Gasteiger partial charge < -0.3 is 10.1 Å². The molecular formula is C19H21ClN4O5S. The fourth-order valence-corrected chi connectivity index (χ4v) is 4.49. The number of sulfonamides is 1. The third-order valence-corrected chi connectivity index (χ3v) is 6.26. The van der Waals surface area contributed by atoms with E-state index in [1.165, 1.54) is 24.3 Å². The summed E-state index contributed by atoms with van der Waals surface area (Å²) in [6, 6.07) is 12.3. The molecule has 1 aliphatic rings. The van der Waals surface area contributed by atoms with Gasteiger partial charge in [0.1, 0.15) is 0 Å². The molecule has 0 saturated carbocycles. The molecule has 1 fully saturated rings. The lowest BCUT2D eigenvalue weighted by atomic mass is 10.1. The Morgan fingerprint density at radius 3 is 2.37 bits per heavy atom. The highest BCUT2D eigenvalue weighted by Gasteiger charge is 2.41. The van der Waals surface area contributed by atoms with E-state index < -0.39 is 33.2 Å². The molecule has 160 valence electrons. The topological polar surface area (TPSA) is 126 Å². The summed E-state index contributed by atoms with van der Waals surface area (Å²) in [5, 5.41) is 1.96. The first-order valence-electron chi connectivity index (χ1n) is 9.14. The zero-order chi connectivity index (χ0) is 21.7. The summed E-state index contributed by atoms with van der Waals surface area (Å²) >= 11 is 5.82. The Kier molecular flexibility index (Phi) is 6.93. The van der Waals surface area contributed by atoms with Gasteiger partial charge in [-0.2, -0.15) is 0 Å². The summed E-state index contributed by atoms with van der Waals surface area (Å²) in [5.74, 6) is -1.83. The Morgan fingerprint density at radius 2 is 1.73 bits per heavy atom. The molecule has 1 amide bonds. The second kappa shape index (κ2) is 9.43. The molecule has 2 aromatic carbocycles. The van der Waals surface area contributed by atoms with Crippen LogP contribution in [-0.2, 0) is 19.6 Å². The maximum atomic E-state index is 12.8. The molecule has 0 spiro atoms. The Balaban J connectivity index is 1.67. The molecule has 0 aliphatic carbocycles. The van der Waals surface area contributed by atoms with Crippen LogP contribution in [0.2, 0.25) is 5.02 Å². The van der Waals surface area contributed by atoms with Crippen LogP contribution in [0.5, 0.6) is 0 Å². The molecule has 1 saturated heterocycles. The highest BCUT2D eigenvalue weighted by atomic mass is 35.5. The first-order valence-corrected chi connectivity index (χ1v) is 11.1. The second-order valence-corrected chi connectivity index (χ2v) is 8.73. The van der Waals surface area contributed by atoms with E-state index in [0.717, 1.165) is 0 Å². The lowest BCUT2D eigenvalue weighted by Crippen LogP contribution is -2.45. The largest absolute Gasteiger partial charge is 0.462 e. The van der Waals surface area contributed by atoms with Gasteiger partial charge in [-0.3, -0.25) is 14.9 Å². The van der Waals surface area contributed by atoms with Crippen LogP contribution >= 0.6 is 11.6 Å². The number of hydrazine groups is 1. The van der Waals surface area contributed by atoms with Crippen molar-refractivity contribution in [2.75, 3.05) is 23.2 Å². The molecule has 9 nitrogen and oxygen atoms in total. The van der Waals surface area contributed by atoms with E-state index in [1.54, 1.807) is 31.2 Å². The van der Waals surface area contributed by atoms with Crippen LogP contribution in [0.1, 0.15) is 17.3 Å². The van der Waals surface area contributed by atoms with Crippen molar-refractivity contribution in [3.63, 3.8) is 0 Å². The van der Waals surface area contributed by atoms with Gasteiger partial charge in [-0.1, -0.05) is 11.6 Å². The zero-order valence-corrected chi connectivity index (χ0v) is 17.6. The Morgan fingerprint density at radius 1 is 1.10 bits per heavy atom. The van der Waals surface area contributed by atoms with Crippen molar-refractivity contribution in [3.8, 4) is 0 Å². The average Bonchev–Trinajstić information content (AvgIpc) is 3.21. The highest BCUT2D eigenvalue weighted by molar-refractivity contribution is 7.93. The van der Waals surface area contributed by atoms with E-state index in [4.69, 9.17) is 16.3 Å². The predicted octanol–water partition coefficient (Wildman–Crippen LogP) is 1.95. The molecular weight excluding hydrogens is 432 g/mol. The third kappa shape index (κ3) is 5.28. The Bertz CT molecular complexity index is 1010. The molecule has 0 aromatic heterocycles. The van der Waals surface area contributed by atoms with Crippen molar-refractivity contribution in [2.24, 2.45) is 5.92 Å². The normalized spacial score (nSPS) is 18.6. The van der Waals surface area contributed by atoms with Gasteiger partial charge in [0, 0.05) is 22.9 Å². The summed E-state index contributed by atoms with van der Waals surface area (Å²) in [4.78, 5) is 24.4. The molecule has 2 unspecified atom stereocenters. The molecule has 0 bridgehead atoms. The number of esters is 1. The minimum absolute atomic E-state index is 0.124. The molecule has 4 N–H and O–H groups in total. The van der Waals surface area contributed by atoms with Gasteiger partial charge in [-0.15, -0.1) is 0 Å². The number of halogens is 1. The summed E-state index contributed by atoms with van der Waals surface area (Å²) in [7, 11) is -3.93. The summed E-state index contributed by atoms with van der Waals surface area (Å²) in [6.07, 6.45) is 0. The molecule has 30 heavy (non-hydrogen) atoms. The van der Waals surface area contributed by atoms with Crippen LogP contribution in [-0.4, -0.2) is 38.8 Å². The predicted molar refractivity (Wildman–Crippen MR) is 113 cm³/mol. The Hall–Kier alpha value is -2.66. The van der Waals surface area contributed by atoms with Gasteiger partial charge in [-0.25, -0.2) is 18.6 Å². The monoisotopic (exact) mass is 452 g/mol. The van der Waals surface area contributed by atoms with E-state index in [-0.39, 0.29) is 13.2 Å². The van der Waals surface area contributed by atoms with E-state index in [2.05, 4.69) is 20.9 Å². The number of rotatable bonds is 7. The number of anilines is 2. The number of benzene rings is 2. The molecule has 1 aliphatic heterocycles. The van der Waals surface area contributed by atoms with Gasteiger partial charge in [0.25, 0.3) is 10.0 Å². The second-order valence-electron chi connectivity index (χ2n) is 6.49.